The molecule has 0 amide bonds. The summed E-state index contributed by atoms with van der Waals surface area (Å²) in [5.41, 5.74) is 0.247. The summed E-state index contributed by atoms with van der Waals surface area (Å²) in [7, 11) is 0. The summed E-state index contributed by atoms with van der Waals surface area (Å²) in [6.07, 6.45) is -1.80. The molecule has 0 atom stereocenters. The van der Waals surface area contributed by atoms with E-state index in [1.165, 1.54) is 6.07 Å². The second-order valence-electron chi connectivity index (χ2n) is 2.65. The van der Waals surface area contributed by atoms with E-state index in [1.807, 2.05) is 0 Å². The van der Waals surface area contributed by atoms with Gasteiger partial charge in [-0.15, -0.1) is 13.2 Å². The third kappa shape index (κ3) is 4.45. The average Bonchev–Trinajstić information content (AvgIpc) is 2.12. The lowest BCUT2D eigenvalue weighted by atomic mass is 10.2. The molecule has 1 heterocycles. The Morgan fingerprint density at radius 3 is 2.75 bits per heavy atom. The van der Waals surface area contributed by atoms with Crippen LogP contribution in [0.3, 0.4) is 0 Å². The number of carboxylic acid groups (broad SMARTS) is 1. The minimum absolute atomic E-state index is 0.247. The zero-order valence-corrected chi connectivity index (χ0v) is 7.73. The van der Waals surface area contributed by atoms with E-state index in [2.05, 4.69) is 9.72 Å². The van der Waals surface area contributed by atoms with Crippen molar-refractivity contribution in [1.29, 1.82) is 0 Å². The van der Waals surface area contributed by atoms with Gasteiger partial charge in [0.25, 0.3) is 0 Å². The largest absolute Gasteiger partial charge is 0.574 e. The molecule has 0 bridgehead atoms. The number of hydrogen-bond acceptors (Lipinski definition) is 3. The van der Waals surface area contributed by atoms with Crippen molar-refractivity contribution in [2.24, 2.45) is 0 Å². The highest BCUT2D eigenvalue weighted by Crippen LogP contribution is 2.21. The van der Waals surface area contributed by atoms with Crippen LogP contribution in [0.1, 0.15) is 5.56 Å². The molecule has 0 aliphatic rings. The second kappa shape index (κ2) is 4.65. The van der Waals surface area contributed by atoms with Crippen molar-refractivity contribution in [3.05, 3.63) is 30.0 Å². The van der Waals surface area contributed by atoms with Gasteiger partial charge in [-0.05, 0) is 17.7 Å². The van der Waals surface area contributed by atoms with E-state index in [-0.39, 0.29) is 5.56 Å². The molecule has 0 aromatic carbocycles. The van der Waals surface area contributed by atoms with E-state index in [0.717, 1.165) is 24.4 Å². The number of carbonyl (C=O) groups is 1. The van der Waals surface area contributed by atoms with Gasteiger partial charge in [0.2, 0.25) is 5.88 Å². The summed E-state index contributed by atoms with van der Waals surface area (Å²) >= 11 is 0. The maximum absolute atomic E-state index is 11.8. The third-order valence-corrected chi connectivity index (χ3v) is 1.40. The fourth-order valence-electron chi connectivity index (χ4n) is 0.870. The summed E-state index contributed by atoms with van der Waals surface area (Å²) in [5, 5.41) is 8.32. The number of alkyl halides is 3. The quantitative estimate of drug-likeness (QED) is 0.812. The number of aliphatic carboxylic acids is 1. The first kappa shape index (κ1) is 12.0. The molecular weight excluding hydrogens is 227 g/mol. The molecule has 0 fully saturated rings. The van der Waals surface area contributed by atoms with Crippen LogP contribution >= 0.6 is 0 Å². The van der Waals surface area contributed by atoms with Gasteiger partial charge in [0.05, 0.1) is 0 Å². The van der Waals surface area contributed by atoms with Crippen LogP contribution in [0, 0.1) is 0 Å². The van der Waals surface area contributed by atoms with Crippen LogP contribution in [0.5, 0.6) is 5.88 Å². The molecule has 0 unspecified atom stereocenters. The van der Waals surface area contributed by atoms with E-state index in [0.29, 0.717) is 0 Å². The zero-order valence-electron chi connectivity index (χ0n) is 7.73. The van der Waals surface area contributed by atoms with Crippen molar-refractivity contribution in [3.8, 4) is 5.88 Å². The van der Waals surface area contributed by atoms with Crippen LogP contribution in [-0.4, -0.2) is 22.4 Å². The van der Waals surface area contributed by atoms with Gasteiger partial charge in [0.15, 0.2) is 0 Å². The molecule has 0 spiro atoms. The lowest BCUT2D eigenvalue weighted by Gasteiger charge is -2.07. The van der Waals surface area contributed by atoms with E-state index in [4.69, 9.17) is 5.11 Å². The molecule has 1 rings (SSSR count). The summed E-state index contributed by atoms with van der Waals surface area (Å²) in [6, 6.07) is 2.33. The molecule has 86 valence electrons. The predicted octanol–water partition coefficient (Wildman–Crippen LogP) is 2.08. The lowest BCUT2D eigenvalue weighted by Crippen LogP contribution is -2.17. The van der Waals surface area contributed by atoms with Gasteiger partial charge in [-0.25, -0.2) is 9.78 Å². The number of halogens is 3. The molecule has 1 aromatic heterocycles. The first-order valence-electron chi connectivity index (χ1n) is 3.99. The SMILES string of the molecule is O=C(O)/C=C/c1ccnc(OC(F)(F)F)c1. The smallest absolute Gasteiger partial charge is 0.478 e. The maximum Gasteiger partial charge on any atom is 0.574 e. The molecule has 0 radical (unpaired) electrons. The fourth-order valence-corrected chi connectivity index (χ4v) is 0.870. The van der Waals surface area contributed by atoms with Crippen molar-refractivity contribution in [3.63, 3.8) is 0 Å². The van der Waals surface area contributed by atoms with Crippen LogP contribution in [0.15, 0.2) is 24.4 Å². The highest BCUT2D eigenvalue weighted by molar-refractivity contribution is 5.85. The third-order valence-electron chi connectivity index (χ3n) is 1.40. The molecule has 0 saturated carbocycles. The van der Waals surface area contributed by atoms with E-state index >= 15 is 0 Å². The highest BCUT2D eigenvalue weighted by Gasteiger charge is 2.31. The van der Waals surface area contributed by atoms with E-state index in [9.17, 15) is 18.0 Å². The van der Waals surface area contributed by atoms with Gasteiger partial charge in [0, 0.05) is 18.3 Å². The number of nitrogens with zero attached hydrogens (tertiary/aromatic N) is 1. The van der Waals surface area contributed by atoms with Gasteiger partial charge in [-0.2, -0.15) is 0 Å². The first-order chi connectivity index (χ1) is 7.37. The topological polar surface area (TPSA) is 59.4 Å². The average molecular weight is 233 g/mol. The predicted molar refractivity (Wildman–Crippen MR) is 47.6 cm³/mol. The van der Waals surface area contributed by atoms with Gasteiger partial charge in [0.1, 0.15) is 0 Å². The fraction of sp³-hybridized carbons (Fsp3) is 0.111. The number of pyridine rings is 1. The molecule has 1 N–H and O–H groups in total. The lowest BCUT2D eigenvalue weighted by molar-refractivity contribution is -0.276. The standard InChI is InChI=1S/C9H6F3NO3/c10-9(11,12)16-7-5-6(3-4-13-7)1-2-8(14)15/h1-5H,(H,14,15)/b2-1+. The molecular formula is C9H6F3NO3. The van der Waals surface area contributed by atoms with Crippen LogP contribution < -0.4 is 4.74 Å². The number of aromatic nitrogens is 1. The molecule has 0 aliphatic carbocycles. The number of carboxylic acids is 1. The minimum atomic E-state index is -4.82. The molecule has 4 nitrogen and oxygen atoms in total. The normalized spacial score (nSPS) is 11.7. The van der Waals surface area contributed by atoms with Gasteiger partial charge < -0.3 is 9.84 Å². The van der Waals surface area contributed by atoms with Crippen molar-refractivity contribution in [1.82, 2.24) is 4.98 Å². The molecule has 7 heteroatoms. The van der Waals surface area contributed by atoms with Gasteiger partial charge in [-0.1, -0.05) is 0 Å². The summed E-state index contributed by atoms with van der Waals surface area (Å²) in [4.78, 5) is 13.5. The first-order valence-corrected chi connectivity index (χ1v) is 3.99. The Labute approximate surface area is 88.0 Å². The molecule has 16 heavy (non-hydrogen) atoms. The van der Waals surface area contributed by atoms with Crippen LogP contribution in [0.4, 0.5) is 13.2 Å². The van der Waals surface area contributed by atoms with E-state index < -0.39 is 18.2 Å². The molecule has 1 aromatic rings. The number of hydrogen-bond donors (Lipinski definition) is 1. The van der Waals surface area contributed by atoms with Crippen molar-refractivity contribution in [2.75, 3.05) is 0 Å². The second-order valence-corrected chi connectivity index (χ2v) is 2.65. The Morgan fingerprint density at radius 2 is 2.19 bits per heavy atom. The zero-order chi connectivity index (χ0) is 12.2. The maximum atomic E-state index is 11.8. The Morgan fingerprint density at radius 1 is 1.50 bits per heavy atom. The summed E-state index contributed by atoms with van der Waals surface area (Å²) < 4.78 is 39.0. The van der Waals surface area contributed by atoms with Crippen molar-refractivity contribution in [2.45, 2.75) is 6.36 Å². The van der Waals surface area contributed by atoms with Crippen LogP contribution in [0.25, 0.3) is 6.08 Å². The molecule has 0 saturated heterocycles. The number of rotatable bonds is 3. The monoisotopic (exact) mass is 233 g/mol. The van der Waals surface area contributed by atoms with E-state index in [1.54, 1.807) is 0 Å². The Hall–Kier alpha value is -2.05. The Bertz CT molecular complexity index is 415. The summed E-state index contributed by atoms with van der Waals surface area (Å²) in [5.74, 6) is -1.84. The highest BCUT2D eigenvalue weighted by atomic mass is 19.4. The van der Waals surface area contributed by atoms with Crippen molar-refractivity contribution < 1.29 is 27.8 Å². The van der Waals surface area contributed by atoms with Crippen molar-refractivity contribution >= 4 is 12.0 Å². The van der Waals surface area contributed by atoms with Crippen LogP contribution in [0.2, 0.25) is 0 Å². The Balaban J connectivity index is 2.83. The summed E-state index contributed by atoms with van der Waals surface area (Å²) in [6.45, 7) is 0. The minimum Gasteiger partial charge on any atom is -0.478 e. The van der Waals surface area contributed by atoms with Crippen LogP contribution in [-0.2, 0) is 4.79 Å². The number of ether oxygens (including phenoxy) is 1. The molecule has 0 aliphatic heterocycles. The Kier molecular flexibility index (Phi) is 3.49. The van der Waals surface area contributed by atoms with Gasteiger partial charge in [-0.3, -0.25) is 0 Å². The van der Waals surface area contributed by atoms with Gasteiger partial charge >= 0.3 is 12.3 Å².